The number of rotatable bonds is 22. The molecule has 5 rings (SSSR count). The van der Waals surface area contributed by atoms with E-state index in [4.69, 9.17) is 17.2 Å². The summed E-state index contributed by atoms with van der Waals surface area (Å²) in [5.74, 6) is -5.51. The molecule has 0 aliphatic carbocycles. The van der Waals surface area contributed by atoms with Gasteiger partial charge in [-0.3, -0.25) is 33.6 Å². The number of para-hydroxylation sites is 2. The van der Waals surface area contributed by atoms with Gasteiger partial charge >= 0.3 is 5.97 Å². The normalized spacial score (nSPS) is 21.4. The van der Waals surface area contributed by atoms with Crippen LogP contribution in [-0.2, 0) is 46.4 Å². The lowest BCUT2D eigenvalue weighted by Crippen LogP contribution is -2.62. The second-order valence-electron chi connectivity index (χ2n) is 17.3. The first-order chi connectivity index (χ1) is 32.4. The monoisotopic (exact) mass is 928 g/mol. The van der Waals surface area contributed by atoms with Crippen LogP contribution in [0.15, 0.2) is 60.9 Å². The fourth-order valence-corrected chi connectivity index (χ4v) is 8.45. The van der Waals surface area contributed by atoms with Gasteiger partial charge in [0.2, 0.25) is 35.4 Å². The quantitative estimate of drug-likeness (QED) is 0.0504. The van der Waals surface area contributed by atoms with Gasteiger partial charge in [0.05, 0.1) is 0 Å². The Hall–Kier alpha value is -6.31. The number of hydrogen-bond acceptors (Lipinski definition) is 10. The molecular weight excluding hydrogens is 859 g/mol. The summed E-state index contributed by atoms with van der Waals surface area (Å²) in [6.07, 6.45) is 8.50. The molecule has 1 aliphatic heterocycles. The number of H-pyrrole nitrogens is 2. The van der Waals surface area contributed by atoms with Crippen LogP contribution in [0.1, 0.15) is 101 Å². The van der Waals surface area contributed by atoms with Gasteiger partial charge in [0.1, 0.15) is 36.3 Å². The third-order valence-electron chi connectivity index (χ3n) is 12.2. The first-order valence-corrected chi connectivity index (χ1v) is 23.7. The summed E-state index contributed by atoms with van der Waals surface area (Å²) in [6, 6.07) is 7.30. The van der Waals surface area contributed by atoms with Crippen molar-refractivity contribution < 1.29 is 38.7 Å². The van der Waals surface area contributed by atoms with E-state index in [1.54, 1.807) is 12.4 Å². The van der Waals surface area contributed by atoms with Crippen LogP contribution in [0.2, 0.25) is 0 Å². The topological polar surface area (TPSA) is 322 Å². The van der Waals surface area contributed by atoms with E-state index >= 15 is 0 Å². The number of nitrogens with one attached hydrogen (secondary N) is 8. The van der Waals surface area contributed by atoms with Gasteiger partial charge < -0.3 is 64.2 Å². The largest absolute Gasteiger partial charge is 0.481 e. The molecule has 0 unspecified atom stereocenters. The number of hydrogen-bond donors (Lipinski definition) is 12. The van der Waals surface area contributed by atoms with Crippen LogP contribution >= 0.6 is 0 Å². The standard InChI is InChI=1S/C48H69N11O8/c49-23-11-1-4-18-36-43(62)55-38(20-6-3-13-25-51)45(64)58-41(27-31-29-53-35-17-10-8-15-33(31)35)48(67)59-40(26-30-28-52-34-16-9-7-14-32(30)34)47(66)57-39(21-22-42(60)61)46(65)56-37(44(63)54-36)19-5-2-12-24-50/h7-10,14-17,28-29,36-41,52-53H,1-6,11-13,18-27,49-51H2,(H,54,63)(H,55,62)(H,56,65)(H,57,66)(H,58,64)(H,59,67)(H,60,61)/t36-,37-,38-,39-,40-,41-/m0/s1. The summed E-state index contributed by atoms with van der Waals surface area (Å²) < 4.78 is 0. The molecule has 364 valence electrons. The van der Waals surface area contributed by atoms with Crippen LogP contribution in [0.4, 0.5) is 0 Å². The zero-order valence-corrected chi connectivity index (χ0v) is 38.2. The molecule has 1 fully saturated rings. The first kappa shape index (κ1) is 51.7. The third-order valence-corrected chi connectivity index (χ3v) is 12.2. The van der Waals surface area contributed by atoms with Crippen molar-refractivity contribution in [3.8, 4) is 0 Å². The van der Waals surface area contributed by atoms with Gasteiger partial charge in [-0.2, -0.15) is 0 Å². The van der Waals surface area contributed by atoms with E-state index < -0.39 is 84.1 Å². The Balaban J connectivity index is 1.59. The van der Waals surface area contributed by atoms with Gasteiger partial charge in [-0.25, -0.2) is 0 Å². The molecule has 2 aromatic carbocycles. The molecule has 3 heterocycles. The highest BCUT2D eigenvalue weighted by atomic mass is 16.4. The number of benzene rings is 2. The van der Waals surface area contributed by atoms with Gasteiger partial charge in [-0.15, -0.1) is 0 Å². The lowest BCUT2D eigenvalue weighted by atomic mass is 9.99. The number of unbranched alkanes of at least 4 members (excludes halogenated alkanes) is 6. The fraction of sp³-hybridized carbons (Fsp3) is 0.521. The van der Waals surface area contributed by atoms with Crippen molar-refractivity contribution in [3.63, 3.8) is 0 Å². The predicted octanol–water partition coefficient (Wildman–Crippen LogP) is 1.78. The molecule has 0 spiro atoms. The first-order valence-electron chi connectivity index (χ1n) is 23.7. The molecule has 15 N–H and O–H groups in total. The summed E-state index contributed by atoms with van der Waals surface area (Å²) >= 11 is 0. The van der Waals surface area contributed by atoms with E-state index in [0.717, 1.165) is 21.8 Å². The average molecular weight is 928 g/mol. The Morgan fingerprint density at radius 1 is 0.433 bits per heavy atom. The SMILES string of the molecule is NCCCCC[C@@H]1NC(=O)[C@H](CCCCCN)NC(=O)[C@H](CCC(=O)O)NC(=O)[C@H](Cc2c[nH]c3ccccc23)NC(=O)[C@H](Cc2c[nH]c3ccccc23)NC(=O)[C@H](CCCCCN)NC1=O. The summed E-state index contributed by atoms with van der Waals surface area (Å²) in [5, 5.41) is 28.2. The van der Waals surface area contributed by atoms with Crippen LogP contribution in [0.3, 0.4) is 0 Å². The van der Waals surface area contributed by atoms with E-state index in [9.17, 15) is 38.7 Å². The number of amides is 6. The van der Waals surface area contributed by atoms with Crippen molar-refractivity contribution in [2.75, 3.05) is 19.6 Å². The molecule has 2 aromatic heterocycles. The molecule has 1 saturated heterocycles. The lowest BCUT2D eigenvalue weighted by Gasteiger charge is -2.29. The van der Waals surface area contributed by atoms with Gasteiger partial charge in [-0.05, 0) is 87.8 Å². The highest BCUT2D eigenvalue weighted by Gasteiger charge is 2.36. The Kier molecular flexibility index (Phi) is 20.6. The highest BCUT2D eigenvalue weighted by molar-refractivity contribution is 5.99. The Bertz CT molecular complexity index is 2280. The maximum Gasteiger partial charge on any atom is 0.303 e. The smallest absolute Gasteiger partial charge is 0.303 e. The molecule has 0 radical (unpaired) electrons. The number of carboxylic acid groups (broad SMARTS) is 1. The van der Waals surface area contributed by atoms with E-state index in [1.807, 2.05) is 48.5 Å². The second kappa shape index (κ2) is 26.7. The minimum Gasteiger partial charge on any atom is -0.481 e. The van der Waals surface area contributed by atoms with Gasteiger partial charge in [-0.1, -0.05) is 74.9 Å². The van der Waals surface area contributed by atoms with Crippen molar-refractivity contribution in [2.45, 2.75) is 139 Å². The molecular formula is C48H69N11O8. The summed E-state index contributed by atoms with van der Waals surface area (Å²) in [5.41, 5.74) is 20.2. The molecule has 6 amide bonds. The maximum absolute atomic E-state index is 14.8. The maximum atomic E-state index is 14.8. The van der Waals surface area contributed by atoms with Crippen molar-refractivity contribution in [1.29, 1.82) is 0 Å². The van der Waals surface area contributed by atoms with Crippen LogP contribution < -0.4 is 49.1 Å². The summed E-state index contributed by atoms with van der Waals surface area (Å²) in [4.78, 5) is 105. The van der Waals surface area contributed by atoms with Crippen LogP contribution in [0.25, 0.3) is 21.8 Å². The van der Waals surface area contributed by atoms with Crippen molar-refractivity contribution in [3.05, 3.63) is 72.1 Å². The number of carbonyl (C=O) groups is 7. The van der Waals surface area contributed by atoms with Crippen LogP contribution in [0.5, 0.6) is 0 Å². The number of nitrogens with two attached hydrogens (primary N) is 3. The molecule has 19 nitrogen and oxygen atoms in total. The zero-order valence-electron chi connectivity index (χ0n) is 38.2. The number of aromatic amines is 2. The van der Waals surface area contributed by atoms with Crippen LogP contribution in [-0.4, -0.2) is 112 Å². The van der Waals surface area contributed by atoms with E-state index in [1.165, 1.54) is 0 Å². The minimum atomic E-state index is -1.46. The van der Waals surface area contributed by atoms with Gasteiger partial charge in [0.15, 0.2) is 0 Å². The Morgan fingerprint density at radius 3 is 1.09 bits per heavy atom. The Morgan fingerprint density at radius 2 is 0.746 bits per heavy atom. The predicted molar refractivity (Wildman–Crippen MR) is 255 cm³/mol. The van der Waals surface area contributed by atoms with Gasteiger partial charge in [0, 0.05) is 53.5 Å². The van der Waals surface area contributed by atoms with E-state index in [0.29, 0.717) is 88.5 Å². The average Bonchev–Trinajstić information content (AvgIpc) is 3.93. The van der Waals surface area contributed by atoms with Crippen molar-refractivity contribution >= 4 is 63.2 Å². The number of carboxylic acids is 1. The summed E-state index contributed by atoms with van der Waals surface area (Å²) in [6.45, 7) is 1.28. The number of carbonyl (C=O) groups excluding carboxylic acids is 6. The number of aliphatic carboxylic acids is 1. The fourth-order valence-electron chi connectivity index (χ4n) is 8.45. The van der Waals surface area contributed by atoms with Crippen molar-refractivity contribution in [1.82, 2.24) is 41.9 Å². The number of aromatic nitrogens is 2. The molecule has 0 saturated carbocycles. The highest BCUT2D eigenvalue weighted by Crippen LogP contribution is 2.22. The summed E-state index contributed by atoms with van der Waals surface area (Å²) in [7, 11) is 0. The molecule has 1 aliphatic rings. The third kappa shape index (κ3) is 15.6. The number of fused-ring (bicyclic) bond motifs is 2. The lowest BCUT2D eigenvalue weighted by molar-refractivity contribution is -0.139. The minimum absolute atomic E-state index is 0.0208. The molecule has 0 bridgehead atoms. The molecule has 6 atom stereocenters. The zero-order chi connectivity index (χ0) is 48.1. The molecule has 19 heteroatoms. The molecule has 4 aromatic rings. The Labute approximate surface area is 390 Å². The van der Waals surface area contributed by atoms with Crippen LogP contribution in [0, 0.1) is 0 Å². The van der Waals surface area contributed by atoms with Crippen molar-refractivity contribution in [2.24, 2.45) is 17.2 Å². The van der Waals surface area contributed by atoms with Gasteiger partial charge in [0.25, 0.3) is 0 Å². The molecule has 67 heavy (non-hydrogen) atoms. The second-order valence-corrected chi connectivity index (χ2v) is 17.3. The van der Waals surface area contributed by atoms with E-state index in [2.05, 4.69) is 41.9 Å². The van der Waals surface area contributed by atoms with E-state index in [-0.39, 0.29) is 38.5 Å².